The molecule has 2 rings (SSSR count). The summed E-state index contributed by atoms with van der Waals surface area (Å²) in [5, 5.41) is 14.2. The Morgan fingerprint density at radius 1 is 1.47 bits per heavy atom. The van der Waals surface area contributed by atoms with E-state index in [0.717, 1.165) is 38.2 Å². The molecule has 0 aliphatic heterocycles. The number of aromatic nitrogens is 3. The van der Waals surface area contributed by atoms with Crippen molar-refractivity contribution in [2.75, 3.05) is 7.05 Å². The van der Waals surface area contributed by atoms with E-state index in [4.69, 9.17) is 0 Å². The lowest BCUT2D eigenvalue weighted by Crippen LogP contribution is -2.43. The van der Waals surface area contributed by atoms with Gasteiger partial charge in [-0.1, -0.05) is 12.8 Å². The molecule has 1 heterocycles. The third-order valence-electron chi connectivity index (χ3n) is 3.65. The van der Waals surface area contributed by atoms with Gasteiger partial charge in [-0.15, -0.1) is 0 Å². The van der Waals surface area contributed by atoms with Crippen molar-refractivity contribution in [3.8, 4) is 0 Å². The highest BCUT2D eigenvalue weighted by atomic mass is 16.3. The van der Waals surface area contributed by atoms with E-state index in [0.29, 0.717) is 0 Å². The molecule has 96 valence electrons. The lowest BCUT2D eigenvalue weighted by atomic mass is 9.91. The number of hydrogen-bond donors (Lipinski definition) is 1. The molecule has 5 heteroatoms. The standard InChI is InChI=1S/C12H22N4O/c1-3-16-12(13-9-14-16)8-15(2)10-6-4-5-7-11(10)17/h9-11,17H,3-8H2,1-2H3. The fourth-order valence-electron chi connectivity index (χ4n) is 2.62. The van der Waals surface area contributed by atoms with Crippen LogP contribution in [0.5, 0.6) is 0 Å². The molecule has 2 unspecified atom stereocenters. The molecule has 0 spiro atoms. The molecule has 1 aliphatic carbocycles. The Balaban J connectivity index is 1.98. The molecule has 0 radical (unpaired) electrons. The molecule has 2 atom stereocenters. The second-order valence-corrected chi connectivity index (χ2v) is 4.83. The fraction of sp³-hybridized carbons (Fsp3) is 0.833. The van der Waals surface area contributed by atoms with Gasteiger partial charge in [0, 0.05) is 12.6 Å². The number of aliphatic hydroxyl groups is 1. The summed E-state index contributed by atoms with van der Waals surface area (Å²) in [4.78, 5) is 6.48. The molecule has 5 nitrogen and oxygen atoms in total. The summed E-state index contributed by atoms with van der Waals surface area (Å²) in [6.45, 7) is 3.67. The minimum Gasteiger partial charge on any atom is -0.391 e. The number of likely N-dealkylation sites (N-methyl/N-ethyl adjacent to an activating group) is 1. The number of aliphatic hydroxyl groups excluding tert-OH is 1. The molecule has 0 saturated heterocycles. The second kappa shape index (κ2) is 5.60. The molecule has 0 bridgehead atoms. The van der Waals surface area contributed by atoms with E-state index in [1.54, 1.807) is 6.33 Å². The van der Waals surface area contributed by atoms with Crippen LogP contribution in [0.3, 0.4) is 0 Å². The molecular formula is C12H22N4O. The zero-order chi connectivity index (χ0) is 12.3. The van der Waals surface area contributed by atoms with Gasteiger partial charge in [0.15, 0.2) is 0 Å². The van der Waals surface area contributed by atoms with Crippen LogP contribution in [-0.2, 0) is 13.1 Å². The average molecular weight is 238 g/mol. The molecule has 1 fully saturated rings. The van der Waals surface area contributed by atoms with Crippen LogP contribution in [0.15, 0.2) is 6.33 Å². The molecule has 1 aliphatic rings. The van der Waals surface area contributed by atoms with Crippen molar-refractivity contribution >= 4 is 0 Å². The molecule has 17 heavy (non-hydrogen) atoms. The Morgan fingerprint density at radius 2 is 2.24 bits per heavy atom. The van der Waals surface area contributed by atoms with Crippen molar-refractivity contribution in [1.82, 2.24) is 19.7 Å². The van der Waals surface area contributed by atoms with Gasteiger partial charge in [-0.3, -0.25) is 4.90 Å². The highest BCUT2D eigenvalue weighted by Crippen LogP contribution is 2.23. The van der Waals surface area contributed by atoms with Gasteiger partial charge in [0.1, 0.15) is 12.2 Å². The largest absolute Gasteiger partial charge is 0.391 e. The number of aryl methyl sites for hydroxylation is 1. The predicted octanol–water partition coefficient (Wildman–Crippen LogP) is 1.03. The van der Waals surface area contributed by atoms with E-state index in [1.165, 1.54) is 6.42 Å². The van der Waals surface area contributed by atoms with E-state index in [1.807, 2.05) is 4.68 Å². The summed E-state index contributed by atoms with van der Waals surface area (Å²) in [6, 6.07) is 0.269. The number of rotatable bonds is 4. The first-order valence-electron chi connectivity index (χ1n) is 6.47. The zero-order valence-electron chi connectivity index (χ0n) is 10.7. The van der Waals surface area contributed by atoms with Crippen molar-refractivity contribution in [1.29, 1.82) is 0 Å². The van der Waals surface area contributed by atoms with Crippen LogP contribution in [0.4, 0.5) is 0 Å². The van der Waals surface area contributed by atoms with Gasteiger partial charge in [0.05, 0.1) is 12.6 Å². The van der Waals surface area contributed by atoms with Gasteiger partial charge in [0.2, 0.25) is 0 Å². The molecule has 1 N–H and O–H groups in total. The maximum atomic E-state index is 10.0. The first-order chi connectivity index (χ1) is 8.22. The summed E-state index contributed by atoms with van der Waals surface area (Å²) in [6.07, 6.45) is 5.78. The van der Waals surface area contributed by atoms with E-state index in [9.17, 15) is 5.11 Å². The van der Waals surface area contributed by atoms with Crippen LogP contribution in [0.1, 0.15) is 38.4 Å². The van der Waals surface area contributed by atoms with Crippen LogP contribution in [0.25, 0.3) is 0 Å². The zero-order valence-corrected chi connectivity index (χ0v) is 10.7. The highest BCUT2D eigenvalue weighted by Gasteiger charge is 2.27. The highest BCUT2D eigenvalue weighted by molar-refractivity contribution is 4.88. The third-order valence-corrected chi connectivity index (χ3v) is 3.65. The minimum atomic E-state index is -0.188. The van der Waals surface area contributed by atoms with Gasteiger partial charge in [-0.2, -0.15) is 5.10 Å². The van der Waals surface area contributed by atoms with Gasteiger partial charge in [0.25, 0.3) is 0 Å². The Kier molecular flexibility index (Phi) is 4.12. The lowest BCUT2D eigenvalue weighted by Gasteiger charge is -2.34. The molecule has 1 aromatic rings. The smallest absolute Gasteiger partial charge is 0.140 e. The molecule has 1 saturated carbocycles. The molecular weight excluding hydrogens is 216 g/mol. The molecule has 1 aromatic heterocycles. The topological polar surface area (TPSA) is 54.2 Å². The predicted molar refractivity (Wildman–Crippen MR) is 65.4 cm³/mol. The van der Waals surface area contributed by atoms with Crippen molar-refractivity contribution < 1.29 is 5.11 Å². The van der Waals surface area contributed by atoms with E-state index in [2.05, 4.69) is 29.0 Å². The van der Waals surface area contributed by atoms with Crippen molar-refractivity contribution in [3.63, 3.8) is 0 Å². The van der Waals surface area contributed by atoms with E-state index < -0.39 is 0 Å². The third kappa shape index (κ3) is 2.84. The van der Waals surface area contributed by atoms with Crippen LogP contribution >= 0.6 is 0 Å². The first kappa shape index (κ1) is 12.5. The first-order valence-corrected chi connectivity index (χ1v) is 6.47. The maximum absolute atomic E-state index is 10.0. The number of hydrogen-bond acceptors (Lipinski definition) is 4. The molecule has 0 aromatic carbocycles. The minimum absolute atomic E-state index is 0.188. The molecule has 0 amide bonds. The normalized spacial score (nSPS) is 25.4. The SMILES string of the molecule is CCn1ncnc1CN(C)C1CCCCC1O. The lowest BCUT2D eigenvalue weighted by molar-refractivity contribution is 0.0273. The van der Waals surface area contributed by atoms with Crippen LogP contribution in [0.2, 0.25) is 0 Å². The van der Waals surface area contributed by atoms with Gasteiger partial charge in [-0.25, -0.2) is 9.67 Å². The van der Waals surface area contributed by atoms with Crippen molar-refractivity contribution in [2.45, 2.75) is 57.8 Å². The monoisotopic (exact) mass is 238 g/mol. The second-order valence-electron chi connectivity index (χ2n) is 4.83. The average Bonchev–Trinajstić information content (AvgIpc) is 2.76. The summed E-state index contributed by atoms with van der Waals surface area (Å²) in [5.74, 6) is 0.979. The maximum Gasteiger partial charge on any atom is 0.140 e. The Labute approximate surface area is 102 Å². The van der Waals surface area contributed by atoms with Crippen molar-refractivity contribution in [2.24, 2.45) is 0 Å². The van der Waals surface area contributed by atoms with Crippen molar-refractivity contribution in [3.05, 3.63) is 12.2 Å². The van der Waals surface area contributed by atoms with Crippen LogP contribution in [-0.4, -0.2) is 44.0 Å². The fourth-order valence-corrected chi connectivity index (χ4v) is 2.62. The van der Waals surface area contributed by atoms with Gasteiger partial charge in [-0.05, 0) is 26.8 Å². The Bertz CT molecular complexity index is 352. The summed E-state index contributed by atoms with van der Waals surface area (Å²) in [5.41, 5.74) is 0. The number of nitrogens with zero attached hydrogens (tertiary/aromatic N) is 4. The van der Waals surface area contributed by atoms with Crippen LogP contribution in [0, 0.1) is 0 Å². The van der Waals surface area contributed by atoms with E-state index >= 15 is 0 Å². The Hall–Kier alpha value is -0.940. The van der Waals surface area contributed by atoms with Crippen LogP contribution < -0.4 is 0 Å². The quantitative estimate of drug-likeness (QED) is 0.851. The van der Waals surface area contributed by atoms with Gasteiger partial charge < -0.3 is 5.11 Å². The van der Waals surface area contributed by atoms with E-state index in [-0.39, 0.29) is 12.1 Å². The van der Waals surface area contributed by atoms with Gasteiger partial charge >= 0.3 is 0 Å². The summed E-state index contributed by atoms with van der Waals surface area (Å²) >= 11 is 0. The summed E-state index contributed by atoms with van der Waals surface area (Å²) in [7, 11) is 2.06. The Morgan fingerprint density at radius 3 is 2.94 bits per heavy atom. The summed E-state index contributed by atoms with van der Waals surface area (Å²) < 4.78 is 1.91.